The van der Waals surface area contributed by atoms with E-state index in [9.17, 15) is 4.39 Å². The van der Waals surface area contributed by atoms with Crippen LogP contribution in [0.15, 0.2) is 41.1 Å². The lowest BCUT2D eigenvalue weighted by Crippen LogP contribution is -2.15. The van der Waals surface area contributed by atoms with Crippen LogP contribution in [0, 0.1) is 5.82 Å². The van der Waals surface area contributed by atoms with Crippen LogP contribution in [-0.2, 0) is 12.8 Å². The fourth-order valence-electron chi connectivity index (χ4n) is 2.13. The van der Waals surface area contributed by atoms with Crippen LogP contribution in [0.1, 0.15) is 29.7 Å². The van der Waals surface area contributed by atoms with E-state index in [0.29, 0.717) is 10.9 Å². The molecule has 0 radical (unpaired) electrons. The number of nitrogens with two attached hydrogens (primary N) is 1. The number of aryl methyl sites for hydroxylation is 1. The van der Waals surface area contributed by atoms with Gasteiger partial charge in [0.2, 0.25) is 0 Å². The number of benzene rings is 1. The molecule has 0 saturated carbocycles. The second-order valence-corrected chi connectivity index (χ2v) is 5.34. The molecule has 1 unspecified atom stereocenters. The van der Waals surface area contributed by atoms with Gasteiger partial charge in [-0.3, -0.25) is 4.98 Å². The summed E-state index contributed by atoms with van der Waals surface area (Å²) >= 11 is 3.19. The van der Waals surface area contributed by atoms with Crippen molar-refractivity contribution < 1.29 is 4.39 Å². The molecule has 2 aromatic rings. The van der Waals surface area contributed by atoms with E-state index in [1.165, 1.54) is 6.07 Å². The molecule has 0 aliphatic rings. The van der Waals surface area contributed by atoms with E-state index in [1.54, 1.807) is 18.3 Å². The molecular formula is C15H16BrFN2. The van der Waals surface area contributed by atoms with Crippen LogP contribution in [0.2, 0.25) is 0 Å². The van der Waals surface area contributed by atoms with Gasteiger partial charge in [-0.15, -0.1) is 0 Å². The first-order chi connectivity index (χ1) is 9.11. The Hall–Kier alpha value is -1.26. The summed E-state index contributed by atoms with van der Waals surface area (Å²) in [6.07, 6.45) is 5.20. The highest BCUT2D eigenvalue weighted by Crippen LogP contribution is 2.23. The zero-order valence-electron chi connectivity index (χ0n) is 10.7. The van der Waals surface area contributed by atoms with Crippen molar-refractivity contribution in [3.63, 3.8) is 0 Å². The maximum absolute atomic E-state index is 13.2. The van der Waals surface area contributed by atoms with Crippen LogP contribution in [0.25, 0.3) is 0 Å². The molecule has 2 nitrogen and oxygen atoms in total. The van der Waals surface area contributed by atoms with Crippen molar-refractivity contribution >= 4 is 15.9 Å². The Morgan fingerprint density at radius 3 is 2.84 bits per heavy atom. The molecule has 100 valence electrons. The van der Waals surface area contributed by atoms with E-state index in [-0.39, 0.29) is 11.9 Å². The van der Waals surface area contributed by atoms with Gasteiger partial charge in [-0.1, -0.05) is 13.0 Å². The molecule has 0 saturated heterocycles. The fourth-order valence-corrected chi connectivity index (χ4v) is 2.55. The van der Waals surface area contributed by atoms with Crippen LogP contribution < -0.4 is 5.73 Å². The van der Waals surface area contributed by atoms with Gasteiger partial charge in [0.1, 0.15) is 5.82 Å². The predicted molar refractivity (Wildman–Crippen MR) is 78.3 cm³/mol. The van der Waals surface area contributed by atoms with Gasteiger partial charge in [-0.05, 0) is 63.7 Å². The maximum Gasteiger partial charge on any atom is 0.137 e. The molecule has 0 aliphatic carbocycles. The first-order valence-corrected chi connectivity index (χ1v) is 7.03. The van der Waals surface area contributed by atoms with Crippen molar-refractivity contribution in [2.75, 3.05) is 0 Å². The van der Waals surface area contributed by atoms with Gasteiger partial charge in [0.05, 0.1) is 4.47 Å². The Morgan fingerprint density at radius 2 is 2.16 bits per heavy atom. The minimum absolute atomic E-state index is 0.102. The standard InChI is InChI=1S/C15H16BrFN2/c1-2-11-9-19-6-5-12(11)15(18)8-10-3-4-14(17)13(16)7-10/h3-7,9,15H,2,8,18H2,1H3. The lowest BCUT2D eigenvalue weighted by molar-refractivity contribution is 0.618. The summed E-state index contributed by atoms with van der Waals surface area (Å²) in [5.41, 5.74) is 9.54. The molecule has 0 fully saturated rings. The molecule has 0 amide bonds. The van der Waals surface area contributed by atoms with Gasteiger partial charge in [-0.2, -0.15) is 0 Å². The van der Waals surface area contributed by atoms with Crippen molar-refractivity contribution in [2.24, 2.45) is 5.73 Å². The van der Waals surface area contributed by atoms with Gasteiger partial charge in [0.25, 0.3) is 0 Å². The Labute approximate surface area is 121 Å². The van der Waals surface area contributed by atoms with Crippen molar-refractivity contribution in [1.82, 2.24) is 4.98 Å². The zero-order chi connectivity index (χ0) is 13.8. The molecule has 1 aromatic carbocycles. The smallest absolute Gasteiger partial charge is 0.137 e. The lowest BCUT2D eigenvalue weighted by atomic mass is 9.96. The number of pyridine rings is 1. The number of rotatable bonds is 4. The maximum atomic E-state index is 13.2. The van der Waals surface area contributed by atoms with E-state index in [0.717, 1.165) is 23.1 Å². The minimum Gasteiger partial charge on any atom is -0.324 e. The Balaban J connectivity index is 2.20. The molecule has 1 atom stereocenters. The number of hydrogen-bond donors (Lipinski definition) is 1. The highest BCUT2D eigenvalue weighted by atomic mass is 79.9. The lowest BCUT2D eigenvalue weighted by Gasteiger charge is -2.15. The molecule has 0 aliphatic heterocycles. The molecule has 2 N–H and O–H groups in total. The highest BCUT2D eigenvalue weighted by molar-refractivity contribution is 9.10. The Morgan fingerprint density at radius 1 is 1.37 bits per heavy atom. The van der Waals surface area contributed by atoms with Crippen molar-refractivity contribution in [3.8, 4) is 0 Å². The topological polar surface area (TPSA) is 38.9 Å². The average Bonchev–Trinajstić information content (AvgIpc) is 2.43. The average molecular weight is 323 g/mol. The summed E-state index contributed by atoms with van der Waals surface area (Å²) < 4.78 is 13.7. The third-order valence-corrected chi connectivity index (χ3v) is 3.77. The molecule has 2 rings (SSSR count). The summed E-state index contributed by atoms with van der Waals surface area (Å²) in [5.74, 6) is -0.254. The monoisotopic (exact) mass is 322 g/mol. The summed E-state index contributed by atoms with van der Waals surface area (Å²) in [5, 5.41) is 0. The van der Waals surface area contributed by atoms with Crippen molar-refractivity contribution in [3.05, 3.63) is 63.6 Å². The van der Waals surface area contributed by atoms with Crippen LogP contribution >= 0.6 is 15.9 Å². The molecule has 4 heteroatoms. The predicted octanol–water partition coefficient (Wildman–Crippen LogP) is 3.79. The van der Waals surface area contributed by atoms with Gasteiger partial charge in [0, 0.05) is 18.4 Å². The van der Waals surface area contributed by atoms with Crippen LogP contribution in [0.3, 0.4) is 0 Å². The minimum atomic E-state index is -0.254. The first-order valence-electron chi connectivity index (χ1n) is 6.24. The molecular weight excluding hydrogens is 307 g/mol. The van der Waals surface area contributed by atoms with E-state index < -0.39 is 0 Å². The van der Waals surface area contributed by atoms with Gasteiger partial charge < -0.3 is 5.73 Å². The Bertz CT molecular complexity index is 572. The quantitative estimate of drug-likeness (QED) is 0.930. The molecule has 19 heavy (non-hydrogen) atoms. The summed E-state index contributed by atoms with van der Waals surface area (Å²) in [4.78, 5) is 4.12. The largest absolute Gasteiger partial charge is 0.324 e. The second kappa shape index (κ2) is 6.26. The third kappa shape index (κ3) is 3.39. The molecule has 0 spiro atoms. The van der Waals surface area contributed by atoms with Gasteiger partial charge >= 0.3 is 0 Å². The highest BCUT2D eigenvalue weighted by Gasteiger charge is 2.12. The Kier molecular flexibility index (Phi) is 4.66. The van der Waals surface area contributed by atoms with Crippen molar-refractivity contribution in [1.29, 1.82) is 0 Å². The second-order valence-electron chi connectivity index (χ2n) is 4.49. The SMILES string of the molecule is CCc1cnccc1C(N)Cc1ccc(F)c(Br)c1. The zero-order valence-corrected chi connectivity index (χ0v) is 12.3. The van der Waals surface area contributed by atoms with E-state index in [1.807, 2.05) is 12.3 Å². The fraction of sp³-hybridized carbons (Fsp3) is 0.267. The van der Waals surface area contributed by atoms with E-state index in [4.69, 9.17) is 5.73 Å². The third-order valence-electron chi connectivity index (χ3n) is 3.16. The van der Waals surface area contributed by atoms with Crippen LogP contribution in [0.5, 0.6) is 0 Å². The van der Waals surface area contributed by atoms with E-state index in [2.05, 4.69) is 27.8 Å². The number of nitrogens with zero attached hydrogens (tertiary/aromatic N) is 1. The first kappa shape index (κ1) is 14.2. The van der Waals surface area contributed by atoms with E-state index >= 15 is 0 Å². The number of halogens is 2. The van der Waals surface area contributed by atoms with Gasteiger partial charge in [-0.25, -0.2) is 4.39 Å². The molecule has 0 bridgehead atoms. The molecule has 1 heterocycles. The normalized spacial score (nSPS) is 12.4. The van der Waals surface area contributed by atoms with Crippen LogP contribution in [0.4, 0.5) is 4.39 Å². The van der Waals surface area contributed by atoms with Crippen molar-refractivity contribution in [2.45, 2.75) is 25.8 Å². The number of hydrogen-bond acceptors (Lipinski definition) is 2. The number of aromatic nitrogens is 1. The van der Waals surface area contributed by atoms with Gasteiger partial charge in [0.15, 0.2) is 0 Å². The summed E-state index contributed by atoms with van der Waals surface area (Å²) in [6.45, 7) is 2.09. The van der Waals surface area contributed by atoms with Crippen LogP contribution in [-0.4, -0.2) is 4.98 Å². The summed E-state index contributed by atoms with van der Waals surface area (Å²) in [7, 11) is 0. The molecule has 1 aromatic heterocycles. The summed E-state index contributed by atoms with van der Waals surface area (Å²) in [6, 6.07) is 6.87.